The zero-order chi connectivity index (χ0) is 14.0. The van der Waals surface area contributed by atoms with Gasteiger partial charge in [-0.3, -0.25) is 10.1 Å². The van der Waals surface area contributed by atoms with Crippen LogP contribution in [-0.4, -0.2) is 42.4 Å². The van der Waals surface area contributed by atoms with E-state index in [9.17, 15) is 19.6 Å². The topological polar surface area (TPSA) is 75.8 Å². The van der Waals surface area contributed by atoms with Crippen LogP contribution in [0.1, 0.15) is 0 Å². The molecule has 0 aromatic heterocycles. The van der Waals surface area contributed by atoms with E-state index in [0.29, 0.717) is 13.2 Å². The lowest BCUT2D eigenvalue weighted by atomic mass is 10.1. The first kappa shape index (κ1) is 14.2. The second kappa shape index (κ2) is 5.81. The average molecular weight is 335 g/mol. The highest BCUT2D eigenvalue weighted by atomic mass is 79.9. The third-order valence-corrected chi connectivity index (χ3v) is 3.57. The summed E-state index contributed by atoms with van der Waals surface area (Å²) in [7, 11) is 0. The number of rotatable bonds is 3. The van der Waals surface area contributed by atoms with Crippen LogP contribution in [0, 0.1) is 15.9 Å². The van der Waals surface area contributed by atoms with Gasteiger partial charge in [-0.05, 0) is 15.9 Å². The van der Waals surface area contributed by atoms with E-state index in [2.05, 4.69) is 15.9 Å². The molecule has 1 atom stereocenters. The van der Waals surface area contributed by atoms with Crippen LogP contribution in [0.5, 0.6) is 0 Å². The minimum Gasteiger partial charge on any atom is -0.394 e. The Balaban J connectivity index is 2.47. The number of morpholine rings is 1. The van der Waals surface area contributed by atoms with Crippen LogP contribution in [-0.2, 0) is 4.74 Å². The molecule has 0 spiro atoms. The SMILES string of the molecule is O=[N+]([O-])c1cc(Br)c(F)cc1N1CCOCC1CO. The average Bonchev–Trinajstić information content (AvgIpc) is 2.41. The second-order valence-electron chi connectivity index (χ2n) is 4.12. The van der Waals surface area contributed by atoms with Gasteiger partial charge in [-0.25, -0.2) is 4.39 Å². The van der Waals surface area contributed by atoms with Crippen LogP contribution in [0.2, 0.25) is 0 Å². The maximum Gasteiger partial charge on any atom is 0.293 e. The first-order valence-corrected chi connectivity index (χ1v) is 6.42. The Labute approximate surface area is 117 Å². The quantitative estimate of drug-likeness (QED) is 0.672. The fourth-order valence-electron chi connectivity index (χ4n) is 2.03. The summed E-state index contributed by atoms with van der Waals surface area (Å²) in [5.41, 5.74) is -0.0401. The maximum atomic E-state index is 13.6. The van der Waals surface area contributed by atoms with Crippen molar-refractivity contribution < 1.29 is 19.2 Å². The largest absolute Gasteiger partial charge is 0.394 e. The number of ether oxygens (including phenoxy) is 1. The standard InChI is InChI=1S/C11H12BrFN2O4/c12-8-3-11(15(17)18)10(4-9(8)13)14-1-2-19-6-7(14)5-16/h3-4,7,16H,1-2,5-6H2. The van der Waals surface area contributed by atoms with Gasteiger partial charge < -0.3 is 14.7 Å². The number of hydrogen-bond acceptors (Lipinski definition) is 5. The normalized spacial score (nSPS) is 19.5. The molecule has 1 aliphatic rings. The summed E-state index contributed by atoms with van der Waals surface area (Å²) >= 11 is 2.93. The number of nitro groups is 1. The summed E-state index contributed by atoms with van der Waals surface area (Å²) in [5.74, 6) is -0.580. The van der Waals surface area contributed by atoms with Crippen molar-refractivity contribution in [2.75, 3.05) is 31.3 Å². The molecule has 0 bridgehead atoms. The number of hydrogen-bond donors (Lipinski definition) is 1. The Kier molecular flexibility index (Phi) is 4.33. The molecular formula is C11H12BrFN2O4. The number of nitrogens with zero attached hydrogens (tertiary/aromatic N) is 2. The van der Waals surface area contributed by atoms with Gasteiger partial charge in [-0.2, -0.15) is 0 Å². The lowest BCUT2D eigenvalue weighted by molar-refractivity contribution is -0.384. The predicted octanol–water partition coefficient (Wildman–Crippen LogP) is 1.69. The monoisotopic (exact) mass is 334 g/mol. The molecule has 8 heteroatoms. The number of aliphatic hydroxyl groups excluding tert-OH is 1. The van der Waals surface area contributed by atoms with Gasteiger partial charge in [0.05, 0.1) is 35.3 Å². The summed E-state index contributed by atoms with van der Waals surface area (Å²) in [5, 5.41) is 20.3. The highest BCUT2D eigenvalue weighted by molar-refractivity contribution is 9.10. The molecule has 1 saturated heterocycles. The van der Waals surface area contributed by atoms with Crippen LogP contribution < -0.4 is 4.90 Å². The molecule has 1 heterocycles. The van der Waals surface area contributed by atoms with Crippen LogP contribution in [0.15, 0.2) is 16.6 Å². The van der Waals surface area contributed by atoms with Crippen molar-refractivity contribution in [3.05, 3.63) is 32.5 Å². The van der Waals surface area contributed by atoms with Gasteiger partial charge in [0.25, 0.3) is 5.69 Å². The fraction of sp³-hybridized carbons (Fsp3) is 0.455. The number of anilines is 1. The lowest BCUT2D eigenvalue weighted by Gasteiger charge is -2.35. The van der Waals surface area contributed by atoms with E-state index in [1.165, 1.54) is 0 Å². The van der Waals surface area contributed by atoms with E-state index in [1.807, 2.05) is 0 Å². The molecule has 2 rings (SSSR count). The van der Waals surface area contributed by atoms with E-state index >= 15 is 0 Å². The van der Waals surface area contributed by atoms with E-state index in [-0.39, 0.29) is 29.1 Å². The Morgan fingerprint density at radius 2 is 2.37 bits per heavy atom. The third kappa shape index (κ3) is 2.85. The molecule has 1 unspecified atom stereocenters. The minimum atomic E-state index is -0.580. The first-order valence-electron chi connectivity index (χ1n) is 5.63. The van der Waals surface area contributed by atoms with Crippen LogP contribution in [0.4, 0.5) is 15.8 Å². The number of benzene rings is 1. The summed E-state index contributed by atoms with van der Waals surface area (Å²) < 4.78 is 18.9. The van der Waals surface area contributed by atoms with E-state index in [0.717, 1.165) is 12.1 Å². The Bertz CT molecular complexity index is 500. The van der Waals surface area contributed by atoms with Crippen molar-refractivity contribution in [2.24, 2.45) is 0 Å². The van der Waals surface area contributed by atoms with Gasteiger partial charge in [0.15, 0.2) is 0 Å². The van der Waals surface area contributed by atoms with Gasteiger partial charge in [0.1, 0.15) is 11.5 Å². The summed E-state index contributed by atoms with van der Waals surface area (Å²) in [6, 6.07) is 1.83. The summed E-state index contributed by atoms with van der Waals surface area (Å²) in [6.07, 6.45) is 0. The van der Waals surface area contributed by atoms with Crippen molar-refractivity contribution in [3.63, 3.8) is 0 Å². The smallest absolute Gasteiger partial charge is 0.293 e. The molecule has 6 nitrogen and oxygen atoms in total. The molecule has 104 valence electrons. The molecule has 1 N–H and O–H groups in total. The van der Waals surface area contributed by atoms with Gasteiger partial charge in [0, 0.05) is 18.7 Å². The zero-order valence-corrected chi connectivity index (χ0v) is 11.5. The number of nitro benzene ring substituents is 1. The molecule has 1 aliphatic heterocycles. The zero-order valence-electron chi connectivity index (χ0n) is 9.88. The van der Waals surface area contributed by atoms with Crippen LogP contribution >= 0.6 is 15.9 Å². The molecule has 0 saturated carbocycles. The highest BCUT2D eigenvalue weighted by Gasteiger charge is 2.29. The van der Waals surface area contributed by atoms with Crippen molar-refractivity contribution >= 4 is 27.3 Å². The first-order chi connectivity index (χ1) is 9.04. The summed E-state index contributed by atoms with van der Waals surface area (Å²) in [6.45, 7) is 0.790. The third-order valence-electron chi connectivity index (χ3n) is 2.96. The molecule has 1 fully saturated rings. The highest BCUT2D eigenvalue weighted by Crippen LogP contribution is 2.34. The van der Waals surface area contributed by atoms with Crippen molar-refractivity contribution in [1.82, 2.24) is 0 Å². The minimum absolute atomic E-state index is 0.0387. The predicted molar refractivity (Wildman–Crippen MR) is 69.8 cm³/mol. The fourth-order valence-corrected chi connectivity index (χ4v) is 2.36. The lowest BCUT2D eigenvalue weighted by Crippen LogP contribution is -2.47. The van der Waals surface area contributed by atoms with Gasteiger partial charge in [0.2, 0.25) is 0 Å². The molecule has 0 amide bonds. The van der Waals surface area contributed by atoms with Crippen molar-refractivity contribution in [2.45, 2.75) is 6.04 Å². The Morgan fingerprint density at radius 1 is 1.63 bits per heavy atom. The molecular weight excluding hydrogens is 323 g/mol. The van der Waals surface area contributed by atoms with Crippen molar-refractivity contribution in [1.29, 1.82) is 0 Å². The number of halogens is 2. The maximum absolute atomic E-state index is 13.6. The molecule has 0 radical (unpaired) electrons. The molecule has 0 aliphatic carbocycles. The van der Waals surface area contributed by atoms with Gasteiger partial charge in [-0.15, -0.1) is 0 Å². The van der Waals surface area contributed by atoms with Gasteiger partial charge >= 0.3 is 0 Å². The van der Waals surface area contributed by atoms with E-state index < -0.39 is 16.8 Å². The second-order valence-corrected chi connectivity index (χ2v) is 4.97. The Morgan fingerprint density at radius 3 is 3.00 bits per heavy atom. The molecule has 1 aromatic rings. The van der Waals surface area contributed by atoms with E-state index in [1.54, 1.807) is 4.90 Å². The number of aliphatic hydroxyl groups is 1. The van der Waals surface area contributed by atoms with Crippen LogP contribution in [0.3, 0.4) is 0 Å². The molecule has 19 heavy (non-hydrogen) atoms. The Hall–Kier alpha value is -1.25. The van der Waals surface area contributed by atoms with Gasteiger partial charge in [-0.1, -0.05) is 0 Å². The van der Waals surface area contributed by atoms with Crippen LogP contribution in [0.25, 0.3) is 0 Å². The summed E-state index contributed by atoms with van der Waals surface area (Å²) in [4.78, 5) is 12.1. The van der Waals surface area contributed by atoms with E-state index in [4.69, 9.17) is 4.74 Å². The molecule has 1 aromatic carbocycles. The van der Waals surface area contributed by atoms with Crippen molar-refractivity contribution in [3.8, 4) is 0 Å².